The van der Waals surface area contributed by atoms with Gasteiger partial charge >= 0.3 is 0 Å². The number of furan rings is 1. The van der Waals surface area contributed by atoms with Gasteiger partial charge in [0, 0.05) is 16.1 Å². The summed E-state index contributed by atoms with van der Waals surface area (Å²) in [7, 11) is 0. The summed E-state index contributed by atoms with van der Waals surface area (Å²) in [6.45, 7) is 4.08. The van der Waals surface area contributed by atoms with Crippen molar-refractivity contribution in [3.05, 3.63) is 51.7 Å². The molecule has 1 aromatic heterocycles. The van der Waals surface area contributed by atoms with Gasteiger partial charge in [-0.2, -0.15) is 0 Å². The van der Waals surface area contributed by atoms with Crippen molar-refractivity contribution in [2.24, 2.45) is 0 Å². The maximum Gasteiger partial charge on any atom is 0.245 e. The molecule has 0 aliphatic heterocycles. The summed E-state index contributed by atoms with van der Waals surface area (Å²) < 4.78 is 6.76. The van der Waals surface area contributed by atoms with Crippen LogP contribution < -0.4 is 0 Å². The summed E-state index contributed by atoms with van der Waals surface area (Å²) >= 11 is 8.78. The molecule has 4 heteroatoms. The number of benzene rings is 1. The van der Waals surface area contributed by atoms with Gasteiger partial charge in [0.15, 0.2) is 0 Å². The first-order chi connectivity index (χ1) is 8.97. The number of carbonyl (C=O) groups is 1. The zero-order valence-corrected chi connectivity index (χ0v) is 12.9. The summed E-state index contributed by atoms with van der Waals surface area (Å²) in [5.74, 6) is 1.36. The van der Waals surface area contributed by atoms with Crippen molar-refractivity contribution in [2.75, 3.05) is 0 Å². The molecule has 0 bridgehead atoms. The average Bonchev–Trinajstić information content (AvgIpc) is 2.81. The van der Waals surface area contributed by atoms with Crippen molar-refractivity contribution >= 4 is 38.8 Å². The van der Waals surface area contributed by atoms with Crippen molar-refractivity contribution in [3.8, 4) is 11.3 Å². The van der Waals surface area contributed by atoms with Gasteiger partial charge < -0.3 is 4.42 Å². The first kappa shape index (κ1) is 14.1. The standard InChI is InChI=1S/C15H12BrClO2/c1-9-7-11(8-10(2)15(9)16)13-5-3-12(19-13)4-6-14(17)18/h3-8H,1-2H3/b6-4+. The Balaban J connectivity index is 2.35. The minimum atomic E-state index is -0.520. The van der Waals surface area contributed by atoms with Crippen LogP contribution in [0.25, 0.3) is 17.4 Å². The van der Waals surface area contributed by atoms with E-state index in [9.17, 15) is 4.79 Å². The molecule has 0 spiro atoms. The van der Waals surface area contributed by atoms with Gasteiger partial charge in [0.2, 0.25) is 5.24 Å². The summed E-state index contributed by atoms with van der Waals surface area (Å²) in [5, 5.41) is -0.520. The fourth-order valence-corrected chi connectivity index (χ4v) is 2.13. The van der Waals surface area contributed by atoms with E-state index in [1.54, 1.807) is 12.1 Å². The lowest BCUT2D eigenvalue weighted by Gasteiger charge is -2.05. The Morgan fingerprint density at radius 1 is 1.26 bits per heavy atom. The van der Waals surface area contributed by atoms with Crippen LogP contribution in [-0.2, 0) is 4.79 Å². The highest BCUT2D eigenvalue weighted by atomic mass is 79.9. The Kier molecular flexibility index (Phi) is 4.27. The Morgan fingerprint density at radius 3 is 2.47 bits per heavy atom. The molecule has 2 aromatic rings. The van der Waals surface area contributed by atoms with Gasteiger partial charge in [0.1, 0.15) is 11.5 Å². The molecule has 1 aromatic carbocycles. The summed E-state index contributed by atoms with van der Waals surface area (Å²) in [6, 6.07) is 7.78. The molecule has 0 aliphatic carbocycles. The van der Waals surface area contributed by atoms with E-state index in [1.807, 2.05) is 19.9 Å². The van der Waals surface area contributed by atoms with Gasteiger partial charge in [-0.25, -0.2) is 0 Å². The molecule has 0 amide bonds. The highest BCUT2D eigenvalue weighted by molar-refractivity contribution is 9.10. The molecule has 0 aliphatic rings. The first-order valence-electron chi connectivity index (χ1n) is 5.72. The number of allylic oxidation sites excluding steroid dienone is 1. The average molecular weight is 340 g/mol. The number of aryl methyl sites for hydroxylation is 2. The minimum absolute atomic E-state index is 0.520. The lowest BCUT2D eigenvalue weighted by molar-refractivity contribution is -0.107. The Labute approximate surface area is 125 Å². The zero-order valence-electron chi connectivity index (χ0n) is 10.5. The molecule has 0 saturated heterocycles. The van der Waals surface area contributed by atoms with Crippen LogP contribution >= 0.6 is 27.5 Å². The van der Waals surface area contributed by atoms with Gasteiger partial charge in [0.05, 0.1) is 0 Å². The van der Waals surface area contributed by atoms with E-state index >= 15 is 0 Å². The molecule has 98 valence electrons. The van der Waals surface area contributed by atoms with Gasteiger partial charge in [-0.1, -0.05) is 15.9 Å². The Hall–Kier alpha value is -1.32. The van der Waals surface area contributed by atoms with E-state index in [4.69, 9.17) is 16.0 Å². The predicted molar refractivity (Wildman–Crippen MR) is 81.2 cm³/mol. The lowest BCUT2D eigenvalue weighted by atomic mass is 10.1. The molecule has 2 nitrogen and oxygen atoms in total. The highest BCUT2D eigenvalue weighted by Crippen LogP contribution is 2.29. The topological polar surface area (TPSA) is 30.2 Å². The van der Waals surface area contributed by atoms with E-state index in [0.29, 0.717) is 5.76 Å². The summed E-state index contributed by atoms with van der Waals surface area (Å²) in [6.07, 6.45) is 2.82. The fourth-order valence-electron chi connectivity index (χ4n) is 1.83. The second kappa shape index (κ2) is 5.76. The van der Waals surface area contributed by atoms with Crippen LogP contribution in [0.4, 0.5) is 0 Å². The highest BCUT2D eigenvalue weighted by Gasteiger charge is 2.07. The molecule has 2 rings (SSSR count). The third-order valence-electron chi connectivity index (χ3n) is 2.73. The largest absolute Gasteiger partial charge is 0.457 e. The molecule has 0 unspecified atom stereocenters. The van der Waals surface area contributed by atoms with Crippen molar-refractivity contribution in [3.63, 3.8) is 0 Å². The molecule has 0 radical (unpaired) electrons. The molecule has 0 fully saturated rings. The van der Waals surface area contributed by atoms with E-state index in [0.717, 1.165) is 26.9 Å². The second-order valence-corrected chi connectivity index (χ2v) is 5.43. The second-order valence-electron chi connectivity index (χ2n) is 4.26. The van der Waals surface area contributed by atoms with Crippen LogP contribution in [-0.4, -0.2) is 5.24 Å². The van der Waals surface area contributed by atoms with Crippen LogP contribution in [0, 0.1) is 13.8 Å². The van der Waals surface area contributed by atoms with Crippen LogP contribution in [0.5, 0.6) is 0 Å². The third kappa shape index (κ3) is 3.37. The molecule has 19 heavy (non-hydrogen) atoms. The van der Waals surface area contributed by atoms with E-state index in [1.165, 1.54) is 6.08 Å². The normalized spacial score (nSPS) is 11.2. The maximum atomic E-state index is 10.7. The van der Waals surface area contributed by atoms with Gasteiger partial charge in [-0.3, -0.25) is 4.79 Å². The molecule has 0 N–H and O–H groups in total. The zero-order chi connectivity index (χ0) is 14.0. The predicted octanol–water partition coefficient (Wildman–Crippen LogP) is 5.10. The smallest absolute Gasteiger partial charge is 0.245 e. The van der Waals surface area contributed by atoms with Crippen LogP contribution in [0.3, 0.4) is 0 Å². The van der Waals surface area contributed by atoms with Crippen molar-refractivity contribution in [2.45, 2.75) is 13.8 Å². The quantitative estimate of drug-likeness (QED) is 0.575. The Bertz CT molecular complexity index is 633. The third-order valence-corrected chi connectivity index (χ3v) is 4.10. The van der Waals surface area contributed by atoms with E-state index < -0.39 is 5.24 Å². The molecular weight excluding hydrogens is 328 g/mol. The van der Waals surface area contributed by atoms with Gasteiger partial charge in [-0.05, 0) is 66.9 Å². The molecule has 0 atom stereocenters. The van der Waals surface area contributed by atoms with Gasteiger partial charge in [0.25, 0.3) is 0 Å². The lowest BCUT2D eigenvalue weighted by Crippen LogP contribution is -1.84. The Morgan fingerprint density at radius 2 is 1.89 bits per heavy atom. The van der Waals surface area contributed by atoms with Crippen LogP contribution in [0.15, 0.2) is 39.2 Å². The van der Waals surface area contributed by atoms with Crippen molar-refractivity contribution in [1.82, 2.24) is 0 Å². The summed E-state index contributed by atoms with van der Waals surface area (Å²) in [4.78, 5) is 10.7. The monoisotopic (exact) mass is 338 g/mol. The van der Waals surface area contributed by atoms with Crippen LogP contribution in [0.2, 0.25) is 0 Å². The SMILES string of the molecule is Cc1cc(-c2ccc(/C=C/C(=O)Cl)o2)cc(C)c1Br. The molecule has 0 saturated carbocycles. The van der Waals surface area contributed by atoms with Gasteiger partial charge in [-0.15, -0.1) is 0 Å². The van der Waals surface area contributed by atoms with Crippen LogP contribution in [0.1, 0.15) is 16.9 Å². The van der Waals surface area contributed by atoms with E-state index in [2.05, 4.69) is 28.1 Å². The van der Waals surface area contributed by atoms with Crippen molar-refractivity contribution in [1.29, 1.82) is 0 Å². The molecular formula is C15H12BrClO2. The number of rotatable bonds is 3. The maximum absolute atomic E-state index is 10.7. The summed E-state index contributed by atoms with van der Waals surface area (Å²) in [5.41, 5.74) is 3.31. The number of halogens is 2. The first-order valence-corrected chi connectivity index (χ1v) is 6.89. The fraction of sp³-hybridized carbons (Fsp3) is 0.133. The number of hydrogen-bond acceptors (Lipinski definition) is 2. The number of hydrogen-bond donors (Lipinski definition) is 0. The van der Waals surface area contributed by atoms with E-state index in [-0.39, 0.29) is 0 Å². The number of carbonyl (C=O) groups excluding carboxylic acids is 1. The van der Waals surface area contributed by atoms with Crippen molar-refractivity contribution < 1.29 is 9.21 Å². The molecule has 1 heterocycles. The minimum Gasteiger partial charge on any atom is -0.457 e.